The number of carbonyl (C=O) groups is 1. The Morgan fingerprint density at radius 3 is 2.70 bits per heavy atom. The first kappa shape index (κ1) is 17.0. The quantitative estimate of drug-likeness (QED) is 0.626. The van der Waals surface area contributed by atoms with Crippen LogP contribution >= 0.6 is 0 Å². The zero-order chi connectivity index (χ0) is 18.6. The summed E-state index contributed by atoms with van der Waals surface area (Å²) in [6.45, 7) is 0.818. The van der Waals surface area contributed by atoms with Gasteiger partial charge in [0.05, 0.1) is 28.7 Å². The highest BCUT2D eigenvalue weighted by Crippen LogP contribution is 2.61. The summed E-state index contributed by atoms with van der Waals surface area (Å²) in [6.07, 6.45) is 5.75. The first-order valence-corrected chi connectivity index (χ1v) is 10.0. The smallest absolute Gasteiger partial charge is 0.326 e. The molecule has 4 aliphatic carbocycles. The number of ether oxygens (including phenoxy) is 1. The fourth-order valence-corrected chi connectivity index (χ4v) is 6.32. The summed E-state index contributed by atoms with van der Waals surface area (Å²) in [6, 6.07) is 7.59. The molecule has 0 amide bonds. The molecule has 1 aromatic carbocycles. The third-order valence-electron chi connectivity index (χ3n) is 6.90. The predicted octanol–water partition coefficient (Wildman–Crippen LogP) is 2.59. The number of aryl methyl sites for hydroxylation is 1. The number of rotatable bonds is 5. The van der Waals surface area contributed by atoms with Crippen molar-refractivity contribution in [3.05, 3.63) is 34.7 Å². The number of aromatic amines is 1. The number of aromatic nitrogens is 2. The van der Waals surface area contributed by atoms with Crippen LogP contribution in [0, 0.1) is 17.3 Å². The Morgan fingerprint density at radius 1 is 1.22 bits per heavy atom. The van der Waals surface area contributed by atoms with Gasteiger partial charge in [-0.05, 0) is 68.9 Å². The predicted molar refractivity (Wildman–Crippen MR) is 100 cm³/mol. The van der Waals surface area contributed by atoms with Gasteiger partial charge in [-0.3, -0.25) is 9.36 Å². The monoisotopic (exact) mass is 370 g/mol. The van der Waals surface area contributed by atoms with E-state index in [2.05, 4.69) is 4.98 Å². The molecule has 4 aliphatic rings. The molecule has 0 aliphatic heterocycles. The highest BCUT2D eigenvalue weighted by atomic mass is 16.5. The zero-order valence-corrected chi connectivity index (χ0v) is 15.4. The molecule has 6 rings (SSSR count). The molecule has 1 aromatic heterocycles. The van der Waals surface area contributed by atoms with E-state index in [4.69, 9.17) is 4.74 Å². The Hall–Kier alpha value is -2.08. The van der Waals surface area contributed by atoms with Gasteiger partial charge in [-0.15, -0.1) is 0 Å². The number of esters is 1. The number of hydrogen-bond donors (Lipinski definition) is 2. The molecule has 1 heterocycles. The van der Waals surface area contributed by atoms with Gasteiger partial charge in [0.1, 0.15) is 0 Å². The highest BCUT2D eigenvalue weighted by Gasteiger charge is 2.60. The molecule has 4 bridgehead atoms. The van der Waals surface area contributed by atoms with Crippen molar-refractivity contribution in [1.29, 1.82) is 0 Å². The number of hydrogen-bond acceptors (Lipinski definition) is 4. The fraction of sp³-hybridized carbons (Fsp3) is 0.619. The van der Waals surface area contributed by atoms with Gasteiger partial charge in [-0.25, -0.2) is 4.79 Å². The van der Waals surface area contributed by atoms with Gasteiger partial charge in [0.15, 0.2) is 0 Å². The van der Waals surface area contributed by atoms with Crippen molar-refractivity contribution >= 4 is 17.0 Å². The van der Waals surface area contributed by atoms with Crippen molar-refractivity contribution in [2.75, 3.05) is 6.61 Å². The van der Waals surface area contributed by atoms with Gasteiger partial charge < -0.3 is 14.8 Å². The lowest BCUT2D eigenvalue weighted by Gasteiger charge is -2.58. The van der Waals surface area contributed by atoms with Crippen LogP contribution in [0.15, 0.2) is 29.1 Å². The van der Waals surface area contributed by atoms with Crippen molar-refractivity contribution < 1.29 is 14.6 Å². The molecular weight excluding hydrogens is 344 g/mol. The lowest BCUT2D eigenvalue weighted by molar-refractivity contribution is -0.196. The van der Waals surface area contributed by atoms with Crippen molar-refractivity contribution in [2.45, 2.75) is 57.1 Å². The number of aliphatic hydroxyl groups is 1. The largest absolute Gasteiger partial charge is 0.465 e. The van der Waals surface area contributed by atoms with Gasteiger partial charge in [0.2, 0.25) is 0 Å². The van der Waals surface area contributed by atoms with Crippen LogP contribution in [0.3, 0.4) is 0 Å². The van der Waals surface area contributed by atoms with Crippen LogP contribution < -0.4 is 5.69 Å². The lowest BCUT2D eigenvalue weighted by Crippen LogP contribution is -2.58. The van der Waals surface area contributed by atoms with E-state index in [1.165, 1.54) is 0 Å². The van der Waals surface area contributed by atoms with Crippen LogP contribution in [-0.4, -0.2) is 32.8 Å². The number of benzene rings is 1. The van der Waals surface area contributed by atoms with Gasteiger partial charge >= 0.3 is 11.7 Å². The van der Waals surface area contributed by atoms with E-state index in [-0.39, 0.29) is 11.7 Å². The summed E-state index contributed by atoms with van der Waals surface area (Å²) in [5.41, 5.74) is 0.431. The number of H-pyrrole nitrogens is 1. The first-order chi connectivity index (χ1) is 13.0. The summed E-state index contributed by atoms with van der Waals surface area (Å²) in [7, 11) is 0. The minimum absolute atomic E-state index is 0.133. The van der Waals surface area contributed by atoms with Crippen LogP contribution in [0.4, 0.5) is 0 Å². The number of fused-ring (bicyclic) bond motifs is 1. The maximum atomic E-state index is 12.9. The molecule has 4 fully saturated rings. The number of nitrogens with zero attached hydrogens (tertiary/aromatic N) is 1. The minimum Gasteiger partial charge on any atom is -0.465 e. The van der Waals surface area contributed by atoms with Crippen LogP contribution in [0.25, 0.3) is 11.0 Å². The first-order valence-electron chi connectivity index (χ1n) is 10.0. The number of imidazole rings is 1. The second kappa shape index (κ2) is 5.96. The van der Waals surface area contributed by atoms with Gasteiger partial charge in [0.25, 0.3) is 0 Å². The van der Waals surface area contributed by atoms with E-state index in [1.807, 2.05) is 24.3 Å². The van der Waals surface area contributed by atoms with Crippen molar-refractivity contribution in [1.82, 2.24) is 9.55 Å². The summed E-state index contributed by atoms with van der Waals surface area (Å²) in [5, 5.41) is 10.8. The van der Waals surface area contributed by atoms with Gasteiger partial charge in [0, 0.05) is 6.54 Å². The maximum absolute atomic E-state index is 12.9. The average molecular weight is 370 g/mol. The third-order valence-corrected chi connectivity index (χ3v) is 6.90. The van der Waals surface area contributed by atoms with Crippen molar-refractivity contribution in [3.63, 3.8) is 0 Å². The molecule has 6 heteroatoms. The molecule has 0 spiro atoms. The fourth-order valence-electron chi connectivity index (χ4n) is 6.32. The van der Waals surface area contributed by atoms with E-state index in [0.29, 0.717) is 37.8 Å². The second-order valence-corrected chi connectivity index (χ2v) is 9.05. The standard InChI is InChI=1S/C21H26N2O4/c24-18(20-9-14-8-15(10-20)12-21(26,11-14)13-20)27-7-3-6-23-17-5-2-1-4-16(17)22-19(23)25/h1-2,4-5,14-15,26H,3,6-13H2,(H,22,25). The van der Waals surface area contributed by atoms with Crippen LogP contribution in [0.2, 0.25) is 0 Å². The van der Waals surface area contributed by atoms with E-state index in [9.17, 15) is 14.7 Å². The zero-order valence-electron chi connectivity index (χ0n) is 15.4. The van der Waals surface area contributed by atoms with Gasteiger partial charge in [-0.2, -0.15) is 0 Å². The summed E-state index contributed by atoms with van der Waals surface area (Å²) < 4.78 is 7.34. The topological polar surface area (TPSA) is 84.3 Å². The van der Waals surface area contributed by atoms with E-state index >= 15 is 0 Å². The second-order valence-electron chi connectivity index (χ2n) is 9.05. The van der Waals surface area contributed by atoms with Crippen LogP contribution in [0.1, 0.15) is 44.9 Å². The SMILES string of the molecule is O=C(OCCCn1c(=O)[nH]c2ccccc21)C12CC3CC(CC(O)(C3)C1)C2. The maximum Gasteiger partial charge on any atom is 0.326 e. The molecule has 2 aromatic rings. The van der Waals surface area contributed by atoms with Gasteiger partial charge in [-0.1, -0.05) is 12.1 Å². The average Bonchev–Trinajstić information content (AvgIpc) is 2.91. The Kier molecular flexibility index (Phi) is 3.76. The van der Waals surface area contributed by atoms with Crippen LogP contribution in [-0.2, 0) is 16.1 Å². The van der Waals surface area contributed by atoms with E-state index < -0.39 is 11.0 Å². The molecule has 6 nitrogen and oxygen atoms in total. The van der Waals surface area contributed by atoms with Crippen molar-refractivity contribution in [2.24, 2.45) is 17.3 Å². The Bertz CT molecular complexity index is 929. The summed E-state index contributed by atoms with van der Waals surface area (Å²) in [5.74, 6) is 0.795. The molecule has 27 heavy (non-hydrogen) atoms. The Balaban J connectivity index is 1.22. The van der Waals surface area contributed by atoms with Crippen LogP contribution in [0.5, 0.6) is 0 Å². The molecular formula is C21H26N2O4. The lowest BCUT2D eigenvalue weighted by atomic mass is 9.48. The molecule has 0 saturated heterocycles. The molecule has 2 N–H and O–H groups in total. The molecule has 0 radical (unpaired) electrons. The molecule has 2 unspecified atom stereocenters. The number of para-hydroxylation sites is 2. The van der Waals surface area contributed by atoms with E-state index in [1.54, 1.807) is 4.57 Å². The molecule has 144 valence electrons. The van der Waals surface area contributed by atoms with E-state index in [0.717, 1.165) is 43.1 Å². The number of carbonyl (C=O) groups excluding carboxylic acids is 1. The molecule has 4 saturated carbocycles. The third kappa shape index (κ3) is 2.81. The normalized spacial score (nSPS) is 34.3. The summed E-state index contributed by atoms with van der Waals surface area (Å²) in [4.78, 5) is 27.8. The Morgan fingerprint density at radius 2 is 1.96 bits per heavy atom. The summed E-state index contributed by atoms with van der Waals surface area (Å²) >= 11 is 0. The number of nitrogens with one attached hydrogen (secondary N) is 1. The highest BCUT2D eigenvalue weighted by molar-refractivity contribution is 5.78. The Labute approximate surface area is 157 Å². The van der Waals surface area contributed by atoms with Crippen molar-refractivity contribution in [3.8, 4) is 0 Å². The minimum atomic E-state index is -0.652. The molecule has 2 atom stereocenters.